The van der Waals surface area contributed by atoms with Crippen LogP contribution in [-0.2, 0) is 0 Å². The minimum absolute atomic E-state index is 0.737. The Hall–Kier alpha value is -0.0800. The zero-order chi connectivity index (χ0) is 13.5. The van der Waals surface area contributed by atoms with E-state index in [1.54, 1.807) is 0 Å². The average Bonchev–Trinajstić information content (AvgIpc) is 2.46. The molecule has 0 bridgehead atoms. The molecule has 1 N–H and O–H groups in total. The van der Waals surface area contributed by atoms with Gasteiger partial charge in [0.15, 0.2) is 0 Å². The van der Waals surface area contributed by atoms with Gasteiger partial charge < -0.3 is 5.32 Å². The zero-order valence-corrected chi connectivity index (χ0v) is 13.2. The number of hydrogen-bond donors (Lipinski definition) is 1. The van der Waals surface area contributed by atoms with Crippen LogP contribution >= 0.6 is 0 Å². The van der Waals surface area contributed by atoms with Gasteiger partial charge in [-0.3, -0.25) is 4.90 Å². The van der Waals surface area contributed by atoms with Crippen LogP contribution in [0.5, 0.6) is 0 Å². The van der Waals surface area contributed by atoms with Crippen molar-refractivity contribution in [3.05, 3.63) is 0 Å². The third-order valence-corrected chi connectivity index (χ3v) is 5.25. The van der Waals surface area contributed by atoms with Crippen LogP contribution in [0.2, 0.25) is 0 Å². The average molecular weight is 266 g/mol. The van der Waals surface area contributed by atoms with Crippen LogP contribution in [0, 0.1) is 5.92 Å². The van der Waals surface area contributed by atoms with Gasteiger partial charge in [-0.25, -0.2) is 0 Å². The first-order valence-electron chi connectivity index (χ1n) is 8.78. The van der Waals surface area contributed by atoms with Gasteiger partial charge in [0.1, 0.15) is 0 Å². The molecule has 0 aromatic carbocycles. The molecule has 0 radical (unpaired) electrons. The highest BCUT2D eigenvalue weighted by Crippen LogP contribution is 2.28. The molecule has 1 aliphatic heterocycles. The number of piperazine rings is 1. The molecule has 19 heavy (non-hydrogen) atoms. The molecule has 1 saturated heterocycles. The Bertz CT molecular complexity index is 235. The van der Waals surface area contributed by atoms with Crippen LogP contribution in [0.15, 0.2) is 0 Å². The van der Waals surface area contributed by atoms with Gasteiger partial charge in [-0.15, -0.1) is 0 Å². The minimum Gasteiger partial charge on any atom is -0.311 e. The summed E-state index contributed by atoms with van der Waals surface area (Å²) >= 11 is 0. The van der Waals surface area contributed by atoms with Gasteiger partial charge in [0, 0.05) is 25.2 Å². The van der Waals surface area contributed by atoms with Gasteiger partial charge in [0.05, 0.1) is 0 Å². The maximum atomic E-state index is 3.83. The van der Waals surface area contributed by atoms with Gasteiger partial charge in [-0.1, -0.05) is 45.4 Å². The number of nitrogens with zero attached hydrogens (tertiary/aromatic N) is 1. The lowest BCUT2D eigenvalue weighted by Crippen LogP contribution is -2.58. The Morgan fingerprint density at radius 2 is 1.84 bits per heavy atom. The summed E-state index contributed by atoms with van der Waals surface area (Å²) in [6.45, 7) is 8.52. The summed E-state index contributed by atoms with van der Waals surface area (Å²) < 4.78 is 0. The summed E-state index contributed by atoms with van der Waals surface area (Å²) in [7, 11) is 0. The first-order valence-corrected chi connectivity index (χ1v) is 8.78. The normalized spacial score (nSPS) is 30.6. The molecular formula is C17H34N2. The van der Waals surface area contributed by atoms with Gasteiger partial charge in [-0.2, -0.15) is 0 Å². The number of nitrogens with one attached hydrogen (secondary N) is 1. The second-order valence-electron chi connectivity index (χ2n) is 6.82. The van der Waals surface area contributed by atoms with Crippen LogP contribution in [0.25, 0.3) is 0 Å². The van der Waals surface area contributed by atoms with Crippen molar-refractivity contribution in [2.75, 3.05) is 19.6 Å². The van der Waals surface area contributed by atoms with Crippen molar-refractivity contribution in [2.45, 2.75) is 83.7 Å². The smallest absolute Gasteiger partial charge is 0.0224 e. The van der Waals surface area contributed by atoms with E-state index in [0.717, 1.165) is 18.0 Å². The van der Waals surface area contributed by atoms with Gasteiger partial charge in [-0.05, 0) is 38.6 Å². The Labute approximate surface area is 120 Å². The second-order valence-corrected chi connectivity index (χ2v) is 6.82. The van der Waals surface area contributed by atoms with Crippen molar-refractivity contribution >= 4 is 0 Å². The first-order chi connectivity index (χ1) is 9.31. The van der Waals surface area contributed by atoms with E-state index in [1.165, 1.54) is 77.4 Å². The topological polar surface area (TPSA) is 15.3 Å². The molecule has 0 aromatic heterocycles. The maximum absolute atomic E-state index is 3.83. The Kier molecular flexibility index (Phi) is 6.66. The summed E-state index contributed by atoms with van der Waals surface area (Å²) in [5, 5.41) is 3.83. The molecule has 1 heterocycles. The largest absolute Gasteiger partial charge is 0.311 e. The van der Waals surface area contributed by atoms with Crippen molar-refractivity contribution in [1.82, 2.24) is 10.2 Å². The summed E-state index contributed by atoms with van der Waals surface area (Å²) in [6, 6.07) is 1.52. The number of unbranched alkanes of at least 4 members (excludes halogenated alkanes) is 3. The minimum atomic E-state index is 0.737. The molecular weight excluding hydrogens is 232 g/mol. The predicted molar refractivity (Wildman–Crippen MR) is 83.5 cm³/mol. The van der Waals surface area contributed by atoms with Crippen LogP contribution in [0.4, 0.5) is 0 Å². The molecule has 0 spiro atoms. The molecule has 2 unspecified atom stereocenters. The first kappa shape index (κ1) is 15.3. The summed E-state index contributed by atoms with van der Waals surface area (Å²) in [4.78, 5) is 2.76. The van der Waals surface area contributed by atoms with Crippen molar-refractivity contribution in [3.8, 4) is 0 Å². The lowest BCUT2D eigenvalue weighted by atomic mass is 9.82. The Balaban J connectivity index is 1.74. The molecule has 0 amide bonds. The van der Waals surface area contributed by atoms with Crippen LogP contribution in [0.1, 0.15) is 71.6 Å². The van der Waals surface area contributed by atoms with Crippen molar-refractivity contribution in [2.24, 2.45) is 5.92 Å². The van der Waals surface area contributed by atoms with Crippen LogP contribution < -0.4 is 5.32 Å². The third kappa shape index (κ3) is 4.75. The fraction of sp³-hybridized carbons (Fsp3) is 1.00. The fourth-order valence-corrected chi connectivity index (χ4v) is 3.85. The monoisotopic (exact) mass is 266 g/mol. The van der Waals surface area contributed by atoms with Gasteiger partial charge in [0.25, 0.3) is 0 Å². The lowest BCUT2D eigenvalue weighted by molar-refractivity contribution is 0.102. The van der Waals surface area contributed by atoms with Crippen molar-refractivity contribution in [3.63, 3.8) is 0 Å². The molecule has 2 atom stereocenters. The van der Waals surface area contributed by atoms with E-state index < -0.39 is 0 Å². The summed E-state index contributed by atoms with van der Waals surface area (Å²) in [5.74, 6) is 0.958. The Morgan fingerprint density at radius 3 is 2.58 bits per heavy atom. The predicted octanol–water partition coefficient (Wildman–Crippen LogP) is 3.81. The summed E-state index contributed by atoms with van der Waals surface area (Å²) in [6.07, 6.45) is 12.9. The van der Waals surface area contributed by atoms with Crippen molar-refractivity contribution in [1.29, 1.82) is 0 Å². The highest BCUT2D eigenvalue weighted by Gasteiger charge is 2.30. The lowest BCUT2D eigenvalue weighted by Gasteiger charge is -2.43. The SMILES string of the molecule is CCCCCCN1CC(C2CCCCC2)NCC1C. The molecule has 2 fully saturated rings. The second kappa shape index (κ2) is 8.26. The standard InChI is InChI=1S/C17H34N2/c1-3-4-5-9-12-19-14-17(18-13-15(19)2)16-10-7-6-8-11-16/h15-18H,3-14H2,1-2H3. The fourth-order valence-electron chi connectivity index (χ4n) is 3.85. The van der Waals surface area contributed by atoms with E-state index in [1.807, 2.05) is 0 Å². The van der Waals surface area contributed by atoms with Crippen molar-refractivity contribution < 1.29 is 0 Å². The quantitative estimate of drug-likeness (QED) is 0.736. The van der Waals surface area contributed by atoms with E-state index in [9.17, 15) is 0 Å². The van der Waals surface area contributed by atoms with Crippen LogP contribution in [0.3, 0.4) is 0 Å². The summed E-state index contributed by atoms with van der Waals surface area (Å²) in [5.41, 5.74) is 0. The Morgan fingerprint density at radius 1 is 1.05 bits per heavy atom. The molecule has 1 aliphatic carbocycles. The molecule has 112 valence electrons. The van der Waals surface area contributed by atoms with Gasteiger partial charge >= 0.3 is 0 Å². The van der Waals surface area contributed by atoms with E-state index in [2.05, 4.69) is 24.1 Å². The number of rotatable bonds is 6. The molecule has 0 aromatic rings. The molecule has 1 saturated carbocycles. The third-order valence-electron chi connectivity index (χ3n) is 5.25. The van der Waals surface area contributed by atoms with Crippen LogP contribution in [-0.4, -0.2) is 36.6 Å². The molecule has 2 heteroatoms. The van der Waals surface area contributed by atoms with E-state index in [0.29, 0.717) is 0 Å². The molecule has 2 rings (SSSR count). The number of hydrogen-bond acceptors (Lipinski definition) is 2. The molecule has 2 aliphatic rings. The maximum Gasteiger partial charge on any atom is 0.0224 e. The molecule has 2 nitrogen and oxygen atoms in total. The highest BCUT2D eigenvalue weighted by molar-refractivity contribution is 4.89. The van der Waals surface area contributed by atoms with E-state index >= 15 is 0 Å². The highest BCUT2D eigenvalue weighted by atomic mass is 15.2. The van der Waals surface area contributed by atoms with Gasteiger partial charge in [0.2, 0.25) is 0 Å². The zero-order valence-electron chi connectivity index (χ0n) is 13.2. The van der Waals surface area contributed by atoms with E-state index in [4.69, 9.17) is 0 Å². The van der Waals surface area contributed by atoms with E-state index in [-0.39, 0.29) is 0 Å².